The summed E-state index contributed by atoms with van der Waals surface area (Å²) in [7, 11) is -3.08. The molecule has 0 unspecified atom stereocenters. The van der Waals surface area contributed by atoms with E-state index in [1.54, 1.807) is 12.1 Å². The molecule has 0 saturated carbocycles. The van der Waals surface area contributed by atoms with Gasteiger partial charge in [0, 0.05) is 18.0 Å². The monoisotopic (exact) mass is 395 g/mol. The van der Waals surface area contributed by atoms with E-state index < -0.39 is 34.4 Å². The van der Waals surface area contributed by atoms with E-state index in [1.807, 2.05) is 12.1 Å². The van der Waals surface area contributed by atoms with Crippen molar-refractivity contribution in [1.29, 1.82) is 0 Å². The van der Waals surface area contributed by atoms with E-state index in [9.17, 15) is 22.8 Å². The maximum Gasteiger partial charge on any atom is 0.306 e. The Hall–Kier alpha value is -2.22. The fourth-order valence-electron chi connectivity index (χ4n) is 2.90. The second kappa shape index (κ2) is 9.64. The number of ketones is 1. The predicted molar refractivity (Wildman–Crippen MR) is 100 cm³/mol. The van der Waals surface area contributed by atoms with Gasteiger partial charge in [-0.1, -0.05) is 37.6 Å². The Morgan fingerprint density at radius 2 is 1.85 bits per heavy atom. The van der Waals surface area contributed by atoms with Crippen LogP contribution in [0.3, 0.4) is 0 Å². The molecule has 0 spiro atoms. The molecule has 1 aliphatic rings. The van der Waals surface area contributed by atoms with E-state index in [2.05, 4.69) is 12.2 Å². The lowest BCUT2D eigenvalue weighted by atomic mass is 10.0. The van der Waals surface area contributed by atoms with Gasteiger partial charge in [0.2, 0.25) is 0 Å². The topological polar surface area (TPSA) is 107 Å². The molecule has 148 valence electrons. The zero-order valence-corrected chi connectivity index (χ0v) is 16.2. The molecule has 1 amide bonds. The minimum Gasteiger partial charge on any atom is -0.456 e. The summed E-state index contributed by atoms with van der Waals surface area (Å²) in [5.74, 6) is -1.36. The number of aryl methyl sites for hydroxylation is 1. The van der Waals surface area contributed by atoms with Crippen molar-refractivity contribution in [2.45, 2.75) is 45.1 Å². The van der Waals surface area contributed by atoms with Crippen LogP contribution >= 0.6 is 0 Å². The molecule has 1 aliphatic heterocycles. The largest absolute Gasteiger partial charge is 0.456 e. The van der Waals surface area contributed by atoms with Crippen molar-refractivity contribution in [3.63, 3.8) is 0 Å². The van der Waals surface area contributed by atoms with Crippen molar-refractivity contribution in [3.8, 4) is 0 Å². The summed E-state index contributed by atoms with van der Waals surface area (Å²) < 4.78 is 27.5. The Bertz CT molecular complexity index is 785. The van der Waals surface area contributed by atoms with E-state index in [-0.39, 0.29) is 30.1 Å². The molecular formula is C19H25NO6S. The lowest BCUT2D eigenvalue weighted by molar-refractivity contribution is -0.148. The van der Waals surface area contributed by atoms with Gasteiger partial charge >= 0.3 is 5.97 Å². The Morgan fingerprint density at radius 1 is 1.15 bits per heavy atom. The maximum absolute atomic E-state index is 12.1. The number of sulfone groups is 1. The molecule has 1 saturated heterocycles. The van der Waals surface area contributed by atoms with Crippen LogP contribution in [0.4, 0.5) is 0 Å². The van der Waals surface area contributed by atoms with E-state index in [0.29, 0.717) is 12.0 Å². The van der Waals surface area contributed by atoms with Gasteiger partial charge in [-0.2, -0.15) is 0 Å². The van der Waals surface area contributed by atoms with Gasteiger partial charge in [0.1, 0.15) is 0 Å². The third-order valence-electron chi connectivity index (χ3n) is 4.33. The number of esters is 1. The lowest BCUT2D eigenvalue weighted by Crippen LogP contribution is -2.38. The molecule has 7 nitrogen and oxygen atoms in total. The van der Waals surface area contributed by atoms with E-state index in [0.717, 1.165) is 18.4 Å². The van der Waals surface area contributed by atoms with Crippen LogP contribution in [-0.4, -0.2) is 50.2 Å². The molecule has 1 aromatic carbocycles. The normalized spacial score (nSPS) is 18.0. The Morgan fingerprint density at radius 3 is 2.44 bits per heavy atom. The van der Waals surface area contributed by atoms with Crippen LogP contribution in [0.5, 0.6) is 0 Å². The molecule has 0 radical (unpaired) electrons. The number of rotatable bonds is 9. The summed E-state index contributed by atoms with van der Waals surface area (Å²) in [6.07, 6.45) is 2.25. The van der Waals surface area contributed by atoms with Gasteiger partial charge in [-0.15, -0.1) is 0 Å². The lowest BCUT2D eigenvalue weighted by Gasteiger charge is -2.11. The summed E-state index contributed by atoms with van der Waals surface area (Å²) in [6.45, 7) is 1.61. The molecule has 27 heavy (non-hydrogen) atoms. The van der Waals surface area contributed by atoms with Crippen molar-refractivity contribution in [3.05, 3.63) is 35.4 Å². The van der Waals surface area contributed by atoms with Crippen LogP contribution in [0.15, 0.2) is 24.3 Å². The first-order chi connectivity index (χ1) is 12.8. The molecule has 1 fully saturated rings. The minimum absolute atomic E-state index is 0.00838. The van der Waals surface area contributed by atoms with E-state index in [1.165, 1.54) is 0 Å². The number of ether oxygens (including phenoxy) is 1. The zero-order chi connectivity index (χ0) is 19.9. The average Bonchev–Trinajstić information content (AvgIpc) is 2.97. The molecule has 1 N–H and O–H groups in total. The van der Waals surface area contributed by atoms with Crippen LogP contribution < -0.4 is 5.32 Å². The van der Waals surface area contributed by atoms with Gasteiger partial charge in [0.25, 0.3) is 5.91 Å². The number of hydrogen-bond donors (Lipinski definition) is 1. The highest BCUT2D eigenvalue weighted by molar-refractivity contribution is 7.91. The number of hydrogen-bond acceptors (Lipinski definition) is 6. The van der Waals surface area contributed by atoms with Gasteiger partial charge in [-0.3, -0.25) is 14.4 Å². The number of amides is 1. The molecule has 8 heteroatoms. The summed E-state index contributed by atoms with van der Waals surface area (Å²) >= 11 is 0. The van der Waals surface area contributed by atoms with Gasteiger partial charge in [-0.25, -0.2) is 8.42 Å². The van der Waals surface area contributed by atoms with Gasteiger partial charge in [-0.05, 0) is 18.4 Å². The first-order valence-electron chi connectivity index (χ1n) is 9.06. The van der Waals surface area contributed by atoms with Crippen LogP contribution in [0.2, 0.25) is 0 Å². The molecule has 2 rings (SSSR count). The Balaban J connectivity index is 1.68. The first-order valence-corrected chi connectivity index (χ1v) is 10.9. The van der Waals surface area contributed by atoms with Crippen molar-refractivity contribution < 1.29 is 27.5 Å². The number of nitrogens with one attached hydrogen (secondary N) is 1. The number of carbonyl (C=O) groups excluding carboxylic acids is 3. The second-order valence-corrected chi connectivity index (χ2v) is 8.93. The highest BCUT2D eigenvalue weighted by Gasteiger charge is 2.29. The molecule has 1 atom stereocenters. The SMILES string of the molecule is CCCc1ccc(C(=O)CCC(=O)OCC(=O)N[C@H]2CCS(=O)(=O)C2)cc1. The molecule has 0 aliphatic carbocycles. The minimum atomic E-state index is -3.08. The number of benzene rings is 1. The maximum atomic E-state index is 12.1. The third-order valence-corrected chi connectivity index (χ3v) is 6.10. The Kier molecular flexibility index (Phi) is 7.53. The van der Waals surface area contributed by atoms with Gasteiger partial charge in [0.05, 0.1) is 17.9 Å². The number of Topliss-reactive ketones (excluding diaryl/α,β-unsaturated/α-hetero) is 1. The van der Waals surface area contributed by atoms with Crippen molar-refractivity contribution in [1.82, 2.24) is 5.32 Å². The van der Waals surface area contributed by atoms with Gasteiger partial charge in [0.15, 0.2) is 22.2 Å². The van der Waals surface area contributed by atoms with Crippen LogP contribution in [0.1, 0.15) is 48.5 Å². The molecule has 0 aromatic heterocycles. The molecular weight excluding hydrogens is 370 g/mol. The standard InChI is InChI=1S/C19H25NO6S/c1-2-3-14-4-6-15(7-5-14)17(21)8-9-19(23)26-12-18(22)20-16-10-11-27(24,25)13-16/h4-7,16H,2-3,8-13H2,1H3,(H,20,22)/t16-/m0/s1. The molecule has 1 heterocycles. The quantitative estimate of drug-likeness (QED) is 0.501. The fourth-order valence-corrected chi connectivity index (χ4v) is 4.58. The molecule has 0 bridgehead atoms. The average molecular weight is 395 g/mol. The highest BCUT2D eigenvalue weighted by Crippen LogP contribution is 2.12. The highest BCUT2D eigenvalue weighted by atomic mass is 32.2. The third kappa shape index (κ3) is 7.13. The fraction of sp³-hybridized carbons (Fsp3) is 0.526. The second-order valence-electron chi connectivity index (χ2n) is 6.70. The van der Waals surface area contributed by atoms with E-state index in [4.69, 9.17) is 4.74 Å². The Labute approximate surface area is 159 Å². The van der Waals surface area contributed by atoms with Crippen LogP contribution in [-0.2, 0) is 30.6 Å². The summed E-state index contributed by atoms with van der Waals surface area (Å²) in [6, 6.07) is 6.88. The predicted octanol–water partition coefficient (Wildman–Crippen LogP) is 1.45. The zero-order valence-electron chi connectivity index (χ0n) is 15.4. The van der Waals surface area contributed by atoms with Crippen molar-refractivity contribution >= 4 is 27.5 Å². The molecule has 1 aromatic rings. The van der Waals surface area contributed by atoms with Gasteiger partial charge < -0.3 is 10.1 Å². The van der Waals surface area contributed by atoms with Crippen molar-refractivity contribution in [2.75, 3.05) is 18.1 Å². The summed E-state index contributed by atoms with van der Waals surface area (Å²) in [5, 5.41) is 2.53. The smallest absolute Gasteiger partial charge is 0.306 e. The summed E-state index contributed by atoms with van der Waals surface area (Å²) in [4.78, 5) is 35.5. The van der Waals surface area contributed by atoms with Crippen molar-refractivity contribution in [2.24, 2.45) is 0 Å². The van der Waals surface area contributed by atoms with E-state index >= 15 is 0 Å². The summed E-state index contributed by atoms with van der Waals surface area (Å²) in [5.41, 5.74) is 1.71. The first kappa shape index (κ1) is 21.1. The van der Waals surface area contributed by atoms with Crippen LogP contribution in [0.25, 0.3) is 0 Å². The number of carbonyl (C=O) groups is 3. The van der Waals surface area contributed by atoms with Crippen LogP contribution in [0, 0.1) is 0 Å².